The summed E-state index contributed by atoms with van der Waals surface area (Å²) >= 11 is 0. The summed E-state index contributed by atoms with van der Waals surface area (Å²) in [5, 5.41) is 0.894. The molecule has 90 valence electrons. The number of carbonyl (C=O) groups excluding carboxylic acids is 1. The van der Waals surface area contributed by atoms with Crippen LogP contribution >= 0.6 is 0 Å². The van der Waals surface area contributed by atoms with Gasteiger partial charge in [0.1, 0.15) is 5.68 Å². The maximum Gasteiger partial charge on any atom is 0.177 e. The van der Waals surface area contributed by atoms with E-state index < -0.39 is 5.68 Å². The lowest BCUT2D eigenvalue weighted by atomic mass is 9.98. The molecule has 0 saturated heterocycles. The third-order valence-corrected chi connectivity index (χ3v) is 2.99. The quantitative estimate of drug-likeness (QED) is 0.766. The van der Waals surface area contributed by atoms with Crippen LogP contribution in [-0.2, 0) is 0 Å². The maximum absolute atomic E-state index is 11.2. The Bertz CT molecular complexity index is 598. The van der Waals surface area contributed by atoms with Gasteiger partial charge in [0, 0.05) is 24.7 Å². The van der Waals surface area contributed by atoms with E-state index in [0.717, 1.165) is 16.6 Å². The highest BCUT2D eigenvalue weighted by Crippen LogP contribution is 2.24. The molecule has 0 aliphatic carbocycles. The van der Waals surface area contributed by atoms with Gasteiger partial charge < -0.3 is 9.69 Å². The number of aromatic nitrogens is 2. The summed E-state index contributed by atoms with van der Waals surface area (Å²) in [4.78, 5) is 21.8. The normalized spacial score (nSPS) is 10.9. The zero-order chi connectivity index (χ0) is 13.3. The Hall–Kier alpha value is -1.91. The largest absolute Gasteiger partial charge is 0.369 e. The van der Waals surface area contributed by atoms with Crippen LogP contribution in [-0.4, -0.2) is 36.6 Å². The van der Waals surface area contributed by atoms with E-state index in [2.05, 4.69) is 28.7 Å². The predicted octanol–water partition coefficient (Wildman–Crippen LogP) is 1.78. The minimum atomic E-state index is -0.521. The topological polar surface area (TPSA) is 46.1 Å². The van der Waals surface area contributed by atoms with Crippen LogP contribution in [0.3, 0.4) is 0 Å². The van der Waals surface area contributed by atoms with E-state index in [4.69, 9.17) is 7.85 Å². The molecule has 0 bridgehead atoms. The standard InChI is InChI=1S/C13H14BN3O/c1-8(2)17(3)11-7-15-6-9-4-5-10(13(14)18)16-12(9)11/h4-8H,1-3H3. The molecule has 2 aromatic heterocycles. The highest BCUT2D eigenvalue weighted by atomic mass is 16.1. The molecule has 0 saturated carbocycles. The number of fused-ring (bicyclic) bond motifs is 1. The lowest BCUT2D eigenvalue weighted by molar-refractivity contribution is 0.107. The van der Waals surface area contributed by atoms with Crippen molar-refractivity contribution < 1.29 is 4.79 Å². The average molecular weight is 239 g/mol. The lowest BCUT2D eigenvalue weighted by Crippen LogP contribution is -2.26. The first-order chi connectivity index (χ1) is 8.50. The molecule has 2 heterocycles. The summed E-state index contributed by atoms with van der Waals surface area (Å²) in [6, 6.07) is 3.75. The van der Waals surface area contributed by atoms with Crippen molar-refractivity contribution >= 4 is 30.1 Å². The maximum atomic E-state index is 11.2. The van der Waals surface area contributed by atoms with Gasteiger partial charge in [0.05, 0.1) is 23.1 Å². The molecule has 0 aliphatic rings. The molecule has 0 unspecified atom stereocenters. The van der Waals surface area contributed by atoms with Gasteiger partial charge in [0.25, 0.3) is 0 Å². The van der Waals surface area contributed by atoms with Gasteiger partial charge in [-0.3, -0.25) is 4.98 Å². The zero-order valence-electron chi connectivity index (χ0n) is 10.7. The number of rotatable bonds is 3. The van der Waals surface area contributed by atoms with Crippen molar-refractivity contribution in [3.63, 3.8) is 0 Å². The molecule has 0 spiro atoms. The van der Waals surface area contributed by atoms with Crippen LogP contribution in [0.4, 0.5) is 5.69 Å². The van der Waals surface area contributed by atoms with Crippen molar-refractivity contribution in [1.29, 1.82) is 0 Å². The average Bonchev–Trinajstić information content (AvgIpc) is 2.36. The fourth-order valence-corrected chi connectivity index (χ4v) is 1.70. The molecule has 18 heavy (non-hydrogen) atoms. The Morgan fingerprint density at radius 1 is 1.33 bits per heavy atom. The summed E-state index contributed by atoms with van der Waals surface area (Å²) in [6.07, 6.45) is 3.48. The minimum absolute atomic E-state index is 0.270. The van der Waals surface area contributed by atoms with Crippen LogP contribution in [0.5, 0.6) is 0 Å². The smallest absolute Gasteiger partial charge is 0.177 e. The Kier molecular flexibility index (Phi) is 3.32. The second-order valence-corrected chi connectivity index (χ2v) is 4.50. The van der Waals surface area contributed by atoms with Gasteiger partial charge in [-0.05, 0) is 26.0 Å². The van der Waals surface area contributed by atoms with Crippen molar-refractivity contribution in [3.05, 3.63) is 30.2 Å². The Morgan fingerprint density at radius 3 is 2.67 bits per heavy atom. The van der Waals surface area contributed by atoms with Crippen molar-refractivity contribution in [3.8, 4) is 0 Å². The molecule has 4 nitrogen and oxygen atoms in total. The fraction of sp³-hybridized carbons (Fsp3) is 0.308. The van der Waals surface area contributed by atoms with E-state index in [0.29, 0.717) is 6.04 Å². The van der Waals surface area contributed by atoms with Crippen LogP contribution in [0.1, 0.15) is 24.3 Å². The van der Waals surface area contributed by atoms with Gasteiger partial charge in [-0.1, -0.05) is 0 Å². The number of anilines is 1. The SMILES string of the molecule is [B]C(=O)c1ccc2cncc(N(C)C(C)C)c2n1. The monoisotopic (exact) mass is 239 g/mol. The highest BCUT2D eigenvalue weighted by Gasteiger charge is 2.12. The molecule has 2 rings (SSSR count). The van der Waals surface area contributed by atoms with Gasteiger partial charge in [-0.25, -0.2) is 4.98 Å². The molecule has 0 amide bonds. The Balaban J connectivity index is 2.66. The first-order valence-electron chi connectivity index (χ1n) is 5.78. The number of carbonyl (C=O) groups is 1. The van der Waals surface area contributed by atoms with E-state index in [1.165, 1.54) is 0 Å². The van der Waals surface area contributed by atoms with Gasteiger partial charge in [-0.2, -0.15) is 0 Å². The van der Waals surface area contributed by atoms with Gasteiger partial charge in [0.15, 0.2) is 7.85 Å². The van der Waals surface area contributed by atoms with Gasteiger partial charge >= 0.3 is 0 Å². The molecular weight excluding hydrogens is 225 g/mol. The summed E-state index contributed by atoms with van der Waals surface area (Å²) in [5.41, 5.74) is 1.39. The third-order valence-electron chi connectivity index (χ3n) is 2.99. The van der Waals surface area contributed by atoms with E-state index in [-0.39, 0.29) is 5.69 Å². The van der Waals surface area contributed by atoms with Crippen molar-refractivity contribution in [2.75, 3.05) is 11.9 Å². The molecule has 5 heteroatoms. The summed E-state index contributed by atoms with van der Waals surface area (Å²) in [7, 11) is 7.23. The number of pyridine rings is 2. The van der Waals surface area contributed by atoms with E-state index in [1.807, 2.05) is 13.1 Å². The number of hydrogen-bond acceptors (Lipinski definition) is 4. The molecule has 0 aliphatic heterocycles. The van der Waals surface area contributed by atoms with Crippen molar-refractivity contribution in [2.24, 2.45) is 0 Å². The van der Waals surface area contributed by atoms with Gasteiger partial charge in [-0.15, -0.1) is 0 Å². The molecule has 0 N–H and O–H groups in total. The zero-order valence-corrected chi connectivity index (χ0v) is 10.7. The van der Waals surface area contributed by atoms with E-state index >= 15 is 0 Å². The minimum Gasteiger partial charge on any atom is -0.369 e. The molecular formula is C13H14BN3O. The van der Waals surface area contributed by atoms with Crippen LogP contribution in [0.25, 0.3) is 10.9 Å². The highest BCUT2D eigenvalue weighted by molar-refractivity contribution is 6.62. The Morgan fingerprint density at radius 2 is 2.06 bits per heavy atom. The first-order valence-corrected chi connectivity index (χ1v) is 5.78. The summed E-state index contributed by atoms with van der Waals surface area (Å²) in [5.74, 6) is 0. The summed E-state index contributed by atoms with van der Waals surface area (Å²) in [6.45, 7) is 4.16. The Labute approximate surface area is 107 Å². The molecule has 0 atom stereocenters. The van der Waals surface area contributed by atoms with Crippen LogP contribution < -0.4 is 4.90 Å². The molecule has 0 aromatic carbocycles. The third kappa shape index (κ3) is 2.21. The van der Waals surface area contributed by atoms with Crippen LogP contribution in [0.15, 0.2) is 24.5 Å². The molecule has 0 fully saturated rings. The molecule has 2 aromatic rings. The predicted molar refractivity (Wildman–Crippen MR) is 73.2 cm³/mol. The first kappa shape index (κ1) is 12.5. The second kappa shape index (κ2) is 4.76. The number of hydrogen-bond donors (Lipinski definition) is 0. The van der Waals surface area contributed by atoms with Gasteiger partial charge in [0.2, 0.25) is 0 Å². The van der Waals surface area contributed by atoms with E-state index in [9.17, 15) is 4.79 Å². The fourth-order valence-electron chi connectivity index (χ4n) is 1.70. The summed E-state index contributed by atoms with van der Waals surface area (Å²) < 4.78 is 0. The number of nitrogens with zero attached hydrogens (tertiary/aromatic N) is 3. The molecule has 2 radical (unpaired) electrons. The van der Waals surface area contributed by atoms with Crippen LogP contribution in [0, 0.1) is 0 Å². The van der Waals surface area contributed by atoms with Crippen molar-refractivity contribution in [2.45, 2.75) is 19.9 Å². The van der Waals surface area contributed by atoms with Crippen molar-refractivity contribution in [1.82, 2.24) is 9.97 Å². The van der Waals surface area contributed by atoms with Crippen LogP contribution in [0.2, 0.25) is 0 Å². The van der Waals surface area contributed by atoms with E-state index in [1.54, 1.807) is 18.5 Å². The lowest BCUT2D eigenvalue weighted by Gasteiger charge is -2.24. The second-order valence-electron chi connectivity index (χ2n) is 4.50.